The van der Waals surface area contributed by atoms with E-state index in [4.69, 9.17) is 10.5 Å². The summed E-state index contributed by atoms with van der Waals surface area (Å²) in [7, 11) is 0. The van der Waals surface area contributed by atoms with Gasteiger partial charge in [-0.1, -0.05) is 0 Å². The Morgan fingerprint density at radius 1 is 1.21 bits per heavy atom. The monoisotopic (exact) mass is 258 g/mol. The van der Waals surface area contributed by atoms with E-state index in [0.717, 1.165) is 5.75 Å². The van der Waals surface area contributed by atoms with Crippen LogP contribution >= 0.6 is 0 Å². The van der Waals surface area contributed by atoms with E-state index in [9.17, 15) is 4.79 Å². The van der Waals surface area contributed by atoms with Crippen molar-refractivity contribution >= 4 is 17.4 Å². The second kappa shape index (κ2) is 5.81. The van der Waals surface area contributed by atoms with Gasteiger partial charge in [-0.15, -0.1) is 10.2 Å². The van der Waals surface area contributed by atoms with E-state index < -0.39 is 0 Å². The van der Waals surface area contributed by atoms with Gasteiger partial charge in [-0.2, -0.15) is 0 Å². The Kier molecular flexibility index (Phi) is 3.92. The molecule has 6 heteroatoms. The number of rotatable bonds is 4. The predicted molar refractivity (Wildman–Crippen MR) is 72.0 cm³/mol. The molecule has 19 heavy (non-hydrogen) atoms. The summed E-state index contributed by atoms with van der Waals surface area (Å²) >= 11 is 0. The maximum Gasteiger partial charge on any atom is 0.276 e. The molecule has 0 aliphatic carbocycles. The molecule has 0 fully saturated rings. The Morgan fingerprint density at radius 2 is 1.95 bits per heavy atom. The van der Waals surface area contributed by atoms with E-state index in [2.05, 4.69) is 15.5 Å². The van der Waals surface area contributed by atoms with Crippen LogP contribution in [0.3, 0.4) is 0 Å². The molecule has 1 heterocycles. The van der Waals surface area contributed by atoms with E-state index in [1.165, 1.54) is 12.1 Å². The van der Waals surface area contributed by atoms with Crippen molar-refractivity contribution in [3.63, 3.8) is 0 Å². The highest BCUT2D eigenvalue weighted by atomic mass is 16.5. The van der Waals surface area contributed by atoms with Crippen LogP contribution in [-0.4, -0.2) is 22.7 Å². The normalized spacial score (nSPS) is 9.95. The van der Waals surface area contributed by atoms with Crippen molar-refractivity contribution in [1.29, 1.82) is 0 Å². The molecule has 1 aromatic heterocycles. The molecule has 0 spiro atoms. The third-order valence-corrected chi connectivity index (χ3v) is 2.34. The van der Waals surface area contributed by atoms with Crippen molar-refractivity contribution < 1.29 is 9.53 Å². The first-order valence-corrected chi connectivity index (χ1v) is 5.82. The fourth-order valence-electron chi connectivity index (χ4n) is 1.46. The number of hydrogen-bond acceptors (Lipinski definition) is 5. The molecule has 1 amide bonds. The zero-order chi connectivity index (χ0) is 13.7. The largest absolute Gasteiger partial charge is 0.494 e. The first kappa shape index (κ1) is 12.8. The lowest BCUT2D eigenvalue weighted by molar-refractivity contribution is 0.102. The summed E-state index contributed by atoms with van der Waals surface area (Å²) in [6.07, 6.45) is 0. The fourth-order valence-corrected chi connectivity index (χ4v) is 1.46. The fraction of sp³-hybridized carbons (Fsp3) is 0.154. The average molecular weight is 258 g/mol. The number of nitrogens with two attached hydrogens (primary N) is 1. The highest BCUT2D eigenvalue weighted by Crippen LogP contribution is 2.16. The molecule has 0 atom stereocenters. The van der Waals surface area contributed by atoms with Gasteiger partial charge in [-0.05, 0) is 43.3 Å². The number of nitrogens with one attached hydrogen (secondary N) is 1. The van der Waals surface area contributed by atoms with Crippen molar-refractivity contribution in [2.24, 2.45) is 0 Å². The maximum atomic E-state index is 11.9. The molecule has 0 saturated heterocycles. The predicted octanol–water partition coefficient (Wildman–Crippen LogP) is 1.71. The number of carbonyl (C=O) groups excluding carboxylic acids is 1. The van der Waals surface area contributed by atoms with Crippen LogP contribution in [-0.2, 0) is 0 Å². The number of carbonyl (C=O) groups is 1. The van der Waals surface area contributed by atoms with Gasteiger partial charge < -0.3 is 15.8 Å². The molecule has 0 saturated carbocycles. The Balaban J connectivity index is 2.04. The maximum absolute atomic E-state index is 11.9. The van der Waals surface area contributed by atoms with Gasteiger partial charge in [0.25, 0.3) is 5.91 Å². The summed E-state index contributed by atoms with van der Waals surface area (Å²) in [5.74, 6) is 0.696. The van der Waals surface area contributed by atoms with Gasteiger partial charge in [0.05, 0.1) is 6.61 Å². The summed E-state index contributed by atoms with van der Waals surface area (Å²) in [4.78, 5) is 11.9. The molecule has 0 aliphatic heterocycles. The molecule has 1 aromatic carbocycles. The van der Waals surface area contributed by atoms with E-state index in [1.807, 2.05) is 6.92 Å². The van der Waals surface area contributed by atoms with Crippen LogP contribution in [0.1, 0.15) is 17.4 Å². The average Bonchev–Trinajstić information content (AvgIpc) is 2.42. The number of amides is 1. The molecule has 2 rings (SSSR count). The Bertz CT molecular complexity index is 552. The summed E-state index contributed by atoms with van der Waals surface area (Å²) in [6, 6.07) is 10.1. The van der Waals surface area contributed by atoms with Gasteiger partial charge in [0.1, 0.15) is 11.6 Å². The van der Waals surface area contributed by atoms with Crippen LogP contribution in [0.5, 0.6) is 5.75 Å². The number of aromatic nitrogens is 2. The van der Waals surface area contributed by atoms with Gasteiger partial charge in [0, 0.05) is 5.69 Å². The first-order chi connectivity index (χ1) is 9.19. The number of anilines is 2. The van der Waals surface area contributed by atoms with Gasteiger partial charge >= 0.3 is 0 Å². The summed E-state index contributed by atoms with van der Waals surface area (Å²) in [6.45, 7) is 2.52. The van der Waals surface area contributed by atoms with Crippen LogP contribution < -0.4 is 15.8 Å². The molecule has 3 N–H and O–H groups in total. The zero-order valence-corrected chi connectivity index (χ0v) is 10.5. The summed E-state index contributed by atoms with van der Waals surface area (Å²) in [5, 5.41) is 10.0. The van der Waals surface area contributed by atoms with E-state index in [1.54, 1.807) is 24.3 Å². The molecule has 0 aliphatic rings. The number of hydrogen-bond donors (Lipinski definition) is 2. The van der Waals surface area contributed by atoms with E-state index in [0.29, 0.717) is 12.3 Å². The minimum atomic E-state index is -0.336. The van der Waals surface area contributed by atoms with E-state index in [-0.39, 0.29) is 17.4 Å². The standard InChI is InChI=1S/C13H14N4O2/c1-2-19-10-5-3-9(4-6-10)15-13(18)11-7-8-12(14)17-16-11/h3-8H,2H2,1H3,(H2,14,17)(H,15,18). The lowest BCUT2D eigenvalue weighted by Gasteiger charge is -2.06. The molecule has 98 valence electrons. The van der Waals surface area contributed by atoms with Gasteiger partial charge in [0.2, 0.25) is 0 Å². The van der Waals surface area contributed by atoms with Gasteiger partial charge in [-0.25, -0.2) is 0 Å². The number of nitrogen functional groups attached to an aromatic ring is 1. The lowest BCUT2D eigenvalue weighted by Crippen LogP contribution is -2.14. The Labute approximate surface area is 110 Å². The van der Waals surface area contributed by atoms with Crippen LogP contribution in [0.15, 0.2) is 36.4 Å². The summed E-state index contributed by atoms with van der Waals surface area (Å²) in [5.41, 5.74) is 6.28. The highest BCUT2D eigenvalue weighted by Gasteiger charge is 2.08. The van der Waals surface area contributed by atoms with Crippen LogP contribution in [0.4, 0.5) is 11.5 Å². The van der Waals surface area contributed by atoms with Crippen molar-refractivity contribution in [2.75, 3.05) is 17.7 Å². The minimum Gasteiger partial charge on any atom is -0.494 e. The third-order valence-electron chi connectivity index (χ3n) is 2.34. The molecule has 2 aromatic rings. The second-order valence-corrected chi connectivity index (χ2v) is 3.75. The molecule has 0 unspecified atom stereocenters. The van der Waals surface area contributed by atoms with Gasteiger partial charge in [-0.3, -0.25) is 4.79 Å². The van der Waals surface area contributed by atoms with Crippen molar-refractivity contribution in [3.8, 4) is 5.75 Å². The number of ether oxygens (including phenoxy) is 1. The highest BCUT2D eigenvalue weighted by molar-refractivity contribution is 6.02. The van der Waals surface area contributed by atoms with Crippen LogP contribution in [0.25, 0.3) is 0 Å². The smallest absolute Gasteiger partial charge is 0.276 e. The third kappa shape index (κ3) is 3.41. The Hall–Kier alpha value is -2.63. The zero-order valence-electron chi connectivity index (χ0n) is 10.5. The van der Waals surface area contributed by atoms with Crippen LogP contribution in [0.2, 0.25) is 0 Å². The SMILES string of the molecule is CCOc1ccc(NC(=O)c2ccc(N)nn2)cc1. The van der Waals surface area contributed by atoms with Crippen molar-refractivity contribution in [2.45, 2.75) is 6.92 Å². The summed E-state index contributed by atoms with van der Waals surface area (Å²) < 4.78 is 5.31. The quantitative estimate of drug-likeness (QED) is 0.871. The molecule has 6 nitrogen and oxygen atoms in total. The minimum absolute atomic E-state index is 0.211. The molecular weight excluding hydrogens is 244 g/mol. The lowest BCUT2D eigenvalue weighted by atomic mass is 10.3. The van der Waals surface area contributed by atoms with E-state index >= 15 is 0 Å². The number of nitrogens with zero attached hydrogens (tertiary/aromatic N) is 2. The topological polar surface area (TPSA) is 90.1 Å². The first-order valence-electron chi connectivity index (χ1n) is 5.82. The second-order valence-electron chi connectivity index (χ2n) is 3.75. The number of benzene rings is 1. The van der Waals surface area contributed by atoms with Crippen LogP contribution in [0, 0.1) is 0 Å². The molecule has 0 radical (unpaired) electrons. The van der Waals surface area contributed by atoms with Crippen molar-refractivity contribution in [3.05, 3.63) is 42.1 Å². The Morgan fingerprint density at radius 3 is 2.53 bits per heavy atom. The molecule has 0 bridgehead atoms. The molecular formula is C13H14N4O2. The van der Waals surface area contributed by atoms with Gasteiger partial charge in [0.15, 0.2) is 5.69 Å². The van der Waals surface area contributed by atoms with Crippen molar-refractivity contribution in [1.82, 2.24) is 10.2 Å².